The quantitative estimate of drug-likeness (QED) is 0.249. The number of morpholine rings is 1. The fourth-order valence-corrected chi connectivity index (χ4v) is 4.64. The number of aliphatic hydroxyl groups excluding tert-OH is 1. The first-order valence-electron chi connectivity index (χ1n) is 12.0. The Kier molecular flexibility index (Phi) is 8.20. The van der Waals surface area contributed by atoms with Gasteiger partial charge in [-0.3, -0.25) is 14.5 Å². The average molecular weight is 513 g/mol. The van der Waals surface area contributed by atoms with Gasteiger partial charge in [0.1, 0.15) is 5.76 Å². The Labute approximate surface area is 214 Å². The molecule has 2 saturated heterocycles. The summed E-state index contributed by atoms with van der Waals surface area (Å²) in [4.78, 5) is 41.9. The number of benzene rings is 2. The molecule has 37 heavy (non-hydrogen) atoms. The highest BCUT2D eigenvalue weighted by molar-refractivity contribution is 6.46. The van der Waals surface area contributed by atoms with Gasteiger partial charge in [0.05, 0.1) is 44.6 Å². The van der Waals surface area contributed by atoms with Crippen molar-refractivity contribution in [2.24, 2.45) is 0 Å². The maximum absolute atomic E-state index is 14.4. The molecule has 1 N–H and O–H groups in total. The number of hydrogen-bond acceptors (Lipinski definition) is 8. The number of hydrogen-bond donors (Lipinski definition) is 1. The minimum Gasteiger partial charge on any atom is -0.507 e. The molecule has 2 aromatic carbocycles. The second-order valence-corrected chi connectivity index (χ2v) is 8.76. The molecule has 0 radical (unpaired) electrons. The monoisotopic (exact) mass is 512 g/mol. The van der Waals surface area contributed by atoms with Crippen LogP contribution in [0.3, 0.4) is 0 Å². The second kappa shape index (κ2) is 11.5. The van der Waals surface area contributed by atoms with Crippen molar-refractivity contribution in [1.82, 2.24) is 9.80 Å². The normalized spacial score (nSPS) is 19.8. The summed E-state index contributed by atoms with van der Waals surface area (Å²) in [6, 6.07) is 9.17. The largest absolute Gasteiger partial charge is 0.507 e. The van der Waals surface area contributed by atoms with E-state index in [4.69, 9.17) is 14.2 Å². The molecule has 0 aromatic heterocycles. The number of amides is 1. The number of carbonyl (C=O) groups is 3. The summed E-state index contributed by atoms with van der Waals surface area (Å²) in [6.07, 6.45) is 0.598. The van der Waals surface area contributed by atoms with Crippen LogP contribution in [0.4, 0.5) is 4.39 Å². The number of likely N-dealkylation sites (tertiary alicyclic amines) is 1. The predicted octanol–water partition coefficient (Wildman–Crippen LogP) is 2.76. The van der Waals surface area contributed by atoms with E-state index >= 15 is 0 Å². The van der Waals surface area contributed by atoms with E-state index in [2.05, 4.69) is 4.90 Å². The first-order chi connectivity index (χ1) is 17.8. The molecule has 1 unspecified atom stereocenters. The van der Waals surface area contributed by atoms with Gasteiger partial charge in [-0.2, -0.15) is 0 Å². The molecule has 0 saturated carbocycles. The molecule has 10 heteroatoms. The summed E-state index contributed by atoms with van der Waals surface area (Å²) < 4.78 is 29.4. The smallest absolute Gasteiger partial charge is 0.337 e. The van der Waals surface area contributed by atoms with Crippen molar-refractivity contribution in [2.45, 2.75) is 12.5 Å². The summed E-state index contributed by atoms with van der Waals surface area (Å²) in [5.41, 5.74) is 0.717. The second-order valence-electron chi connectivity index (χ2n) is 8.76. The molecule has 2 fully saturated rings. The number of ether oxygens (including phenoxy) is 3. The van der Waals surface area contributed by atoms with Crippen molar-refractivity contribution >= 4 is 23.4 Å². The predicted molar refractivity (Wildman–Crippen MR) is 132 cm³/mol. The van der Waals surface area contributed by atoms with Crippen LogP contribution >= 0.6 is 0 Å². The summed E-state index contributed by atoms with van der Waals surface area (Å²) >= 11 is 0. The molecule has 196 valence electrons. The molecule has 1 amide bonds. The maximum atomic E-state index is 14.4. The lowest BCUT2D eigenvalue weighted by molar-refractivity contribution is -0.140. The number of aliphatic hydroxyl groups is 1. The van der Waals surface area contributed by atoms with Crippen LogP contribution in [0.5, 0.6) is 5.75 Å². The summed E-state index contributed by atoms with van der Waals surface area (Å²) in [6.45, 7) is 3.86. The molecular weight excluding hydrogens is 483 g/mol. The zero-order valence-corrected chi connectivity index (χ0v) is 20.7. The third-order valence-electron chi connectivity index (χ3n) is 6.59. The molecule has 4 rings (SSSR count). The Bertz CT molecular complexity index is 1210. The standard InChI is InChI=1S/C27H29FN2O7/c1-35-21-9-8-19(16-20(21)28)24(31)22-23(17-4-6-18(7-5-17)27(34)36-2)30(26(33)25(22)32)11-3-10-29-12-14-37-15-13-29/h4-9,16,23,31H,3,10-15H2,1-2H3/b24-22+. The van der Waals surface area contributed by atoms with E-state index in [9.17, 15) is 23.9 Å². The highest BCUT2D eigenvalue weighted by Gasteiger charge is 2.46. The van der Waals surface area contributed by atoms with Crippen molar-refractivity contribution in [3.63, 3.8) is 0 Å². The molecule has 0 bridgehead atoms. The SMILES string of the molecule is COC(=O)c1ccc(C2/C(=C(\O)c3ccc(OC)c(F)c3)C(=O)C(=O)N2CCCN2CCOCC2)cc1. The number of carbonyl (C=O) groups excluding carboxylic acids is 3. The van der Waals surface area contributed by atoms with Crippen LogP contribution in [0.15, 0.2) is 48.0 Å². The fourth-order valence-electron chi connectivity index (χ4n) is 4.64. The number of methoxy groups -OCH3 is 2. The van der Waals surface area contributed by atoms with Crippen LogP contribution in [-0.4, -0.2) is 86.2 Å². The van der Waals surface area contributed by atoms with Crippen LogP contribution in [0.25, 0.3) is 5.76 Å². The minimum atomic E-state index is -0.915. The van der Waals surface area contributed by atoms with Crippen LogP contribution in [0, 0.1) is 5.82 Å². The van der Waals surface area contributed by atoms with Crippen molar-refractivity contribution in [1.29, 1.82) is 0 Å². The average Bonchev–Trinajstić information content (AvgIpc) is 3.18. The molecule has 0 spiro atoms. The summed E-state index contributed by atoms with van der Waals surface area (Å²) in [7, 11) is 2.59. The third-order valence-corrected chi connectivity index (χ3v) is 6.59. The van der Waals surface area contributed by atoms with E-state index in [1.165, 1.54) is 43.4 Å². The fraction of sp³-hybridized carbons (Fsp3) is 0.370. The van der Waals surface area contributed by atoms with Gasteiger partial charge in [-0.1, -0.05) is 12.1 Å². The van der Waals surface area contributed by atoms with Gasteiger partial charge in [-0.25, -0.2) is 9.18 Å². The van der Waals surface area contributed by atoms with Crippen LogP contribution in [-0.2, 0) is 19.1 Å². The maximum Gasteiger partial charge on any atom is 0.337 e. The first kappa shape index (κ1) is 26.3. The van der Waals surface area contributed by atoms with Crippen molar-refractivity contribution in [3.8, 4) is 5.75 Å². The Morgan fingerprint density at radius 3 is 2.35 bits per heavy atom. The van der Waals surface area contributed by atoms with Gasteiger partial charge in [0, 0.05) is 31.7 Å². The summed E-state index contributed by atoms with van der Waals surface area (Å²) in [5, 5.41) is 11.1. The van der Waals surface area contributed by atoms with Crippen LogP contribution < -0.4 is 4.74 Å². The Hall–Kier alpha value is -3.76. The molecule has 0 aliphatic carbocycles. The Morgan fingerprint density at radius 2 is 1.73 bits per heavy atom. The van der Waals surface area contributed by atoms with Crippen molar-refractivity contribution in [2.75, 3.05) is 53.6 Å². The van der Waals surface area contributed by atoms with Crippen LogP contribution in [0.1, 0.15) is 33.9 Å². The number of rotatable bonds is 8. The first-order valence-corrected chi connectivity index (χ1v) is 12.0. The minimum absolute atomic E-state index is 0.0185. The molecule has 2 aromatic rings. The lowest BCUT2D eigenvalue weighted by Crippen LogP contribution is -2.39. The van der Waals surface area contributed by atoms with Gasteiger partial charge in [0.25, 0.3) is 11.7 Å². The topological polar surface area (TPSA) is 106 Å². The number of halogens is 1. The third kappa shape index (κ3) is 5.50. The molecule has 2 aliphatic rings. The number of Topliss-reactive ketones (excluding diaryl/α,β-unsaturated/α-hetero) is 1. The number of nitrogens with zero attached hydrogens (tertiary/aromatic N) is 2. The highest BCUT2D eigenvalue weighted by atomic mass is 19.1. The number of ketones is 1. The van der Waals surface area contributed by atoms with Gasteiger partial charge >= 0.3 is 5.97 Å². The van der Waals surface area contributed by atoms with Crippen molar-refractivity contribution < 1.29 is 38.1 Å². The zero-order valence-electron chi connectivity index (χ0n) is 20.7. The molecule has 2 heterocycles. The van der Waals surface area contributed by atoms with Crippen molar-refractivity contribution in [3.05, 3.63) is 70.5 Å². The van der Waals surface area contributed by atoms with E-state index in [0.29, 0.717) is 37.3 Å². The molecule has 9 nitrogen and oxygen atoms in total. The van der Waals surface area contributed by atoms with E-state index in [0.717, 1.165) is 19.2 Å². The van der Waals surface area contributed by atoms with E-state index < -0.39 is 35.3 Å². The lowest BCUT2D eigenvalue weighted by atomic mass is 9.94. The Balaban J connectivity index is 1.70. The molecule has 1 atom stereocenters. The Morgan fingerprint density at radius 1 is 1.05 bits per heavy atom. The van der Waals surface area contributed by atoms with E-state index in [1.54, 1.807) is 12.1 Å². The summed E-state index contributed by atoms with van der Waals surface area (Å²) in [5.74, 6) is -3.36. The lowest BCUT2D eigenvalue weighted by Gasteiger charge is -2.29. The molecular formula is C27H29FN2O7. The van der Waals surface area contributed by atoms with Gasteiger partial charge < -0.3 is 24.2 Å². The highest BCUT2D eigenvalue weighted by Crippen LogP contribution is 2.40. The van der Waals surface area contributed by atoms with E-state index in [1.807, 2.05) is 0 Å². The van der Waals surface area contributed by atoms with Crippen LogP contribution in [0.2, 0.25) is 0 Å². The van der Waals surface area contributed by atoms with Gasteiger partial charge in [0.2, 0.25) is 0 Å². The zero-order chi connectivity index (χ0) is 26.5. The van der Waals surface area contributed by atoms with Gasteiger partial charge in [-0.05, 0) is 42.3 Å². The molecule has 2 aliphatic heterocycles. The van der Waals surface area contributed by atoms with Gasteiger partial charge in [0.15, 0.2) is 11.6 Å². The van der Waals surface area contributed by atoms with E-state index in [-0.39, 0.29) is 23.4 Å². The number of esters is 1. The van der Waals surface area contributed by atoms with Gasteiger partial charge in [-0.15, -0.1) is 0 Å².